The number of nitrogens with one attached hydrogen (secondary N) is 1. The molecule has 0 aliphatic heterocycles. The average Bonchev–Trinajstić information content (AvgIpc) is 3.39. The van der Waals surface area contributed by atoms with Gasteiger partial charge in [0.25, 0.3) is 5.56 Å². The number of aromatic amines is 1. The van der Waals surface area contributed by atoms with E-state index in [1.165, 1.54) is 4.57 Å². The molecule has 178 valence electrons. The SMILES string of the molecule is CCCCn1c(=O)[nH]c(=O)c2c1nc(COC(=O)c1ccc(SCc3csc(C)n3)cc1)n2C. The molecule has 0 fully saturated rings. The molecule has 34 heavy (non-hydrogen) atoms. The van der Waals surface area contributed by atoms with Crippen LogP contribution in [0.2, 0.25) is 0 Å². The number of fused-ring (bicyclic) bond motifs is 1. The lowest BCUT2D eigenvalue weighted by atomic mass is 10.2. The van der Waals surface area contributed by atoms with Gasteiger partial charge >= 0.3 is 11.7 Å². The van der Waals surface area contributed by atoms with Crippen molar-refractivity contribution in [3.8, 4) is 0 Å². The number of aryl methyl sites for hydroxylation is 3. The lowest BCUT2D eigenvalue weighted by molar-refractivity contribution is 0.0459. The van der Waals surface area contributed by atoms with Crippen molar-refractivity contribution >= 4 is 40.2 Å². The zero-order chi connectivity index (χ0) is 24.2. The van der Waals surface area contributed by atoms with Crippen molar-refractivity contribution in [2.75, 3.05) is 0 Å². The van der Waals surface area contributed by atoms with Gasteiger partial charge in [-0.3, -0.25) is 14.3 Å². The number of imidazole rings is 1. The van der Waals surface area contributed by atoms with E-state index in [1.807, 2.05) is 31.4 Å². The number of hydrogen-bond donors (Lipinski definition) is 1. The zero-order valence-electron chi connectivity index (χ0n) is 19.2. The van der Waals surface area contributed by atoms with Gasteiger partial charge in [0.15, 0.2) is 11.2 Å². The van der Waals surface area contributed by atoms with Gasteiger partial charge in [0.2, 0.25) is 0 Å². The third-order valence-electron chi connectivity index (χ3n) is 5.32. The van der Waals surface area contributed by atoms with Crippen molar-refractivity contribution in [3.05, 3.63) is 72.6 Å². The molecule has 0 amide bonds. The molecule has 0 saturated carbocycles. The number of benzene rings is 1. The average molecular weight is 500 g/mol. The third kappa shape index (κ3) is 5.15. The van der Waals surface area contributed by atoms with Gasteiger partial charge in [-0.15, -0.1) is 23.1 Å². The summed E-state index contributed by atoms with van der Waals surface area (Å²) in [4.78, 5) is 49.4. The summed E-state index contributed by atoms with van der Waals surface area (Å²) in [5, 5.41) is 3.09. The van der Waals surface area contributed by atoms with Gasteiger partial charge < -0.3 is 9.30 Å². The second kappa shape index (κ2) is 10.4. The van der Waals surface area contributed by atoms with Crippen molar-refractivity contribution in [2.24, 2.45) is 7.05 Å². The van der Waals surface area contributed by atoms with Crippen LogP contribution >= 0.6 is 23.1 Å². The van der Waals surface area contributed by atoms with E-state index in [0.29, 0.717) is 23.6 Å². The Morgan fingerprint density at radius 3 is 2.65 bits per heavy atom. The number of carbonyl (C=O) groups is 1. The summed E-state index contributed by atoms with van der Waals surface area (Å²) >= 11 is 3.28. The summed E-state index contributed by atoms with van der Waals surface area (Å²) in [6.07, 6.45) is 1.67. The molecule has 0 unspecified atom stereocenters. The second-order valence-electron chi connectivity index (χ2n) is 7.77. The quantitative estimate of drug-likeness (QED) is 0.276. The number of rotatable bonds is 9. The van der Waals surface area contributed by atoms with E-state index < -0.39 is 17.2 Å². The number of carbonyl (C=O) groups excluding carboxylic acids is 1. The number of H-pyrrole nitrogens is 1. The Labute approximate surface area is 203 Å². The number of unbranched alkanes of at least 4 members (excludes halogenated alkanes) is 1. The normalized spacial score (nSPS) is 11.3. The monoisotopic (exact) mass is 499 g/mol. The Kier molecular flexibility index (Phi) is 7.32. The van der Waals surface area contributed by atoms with Crippen molar-refractivity contribution in [1.82, 2.24) is 24.1 Å². The molecule has 0 saturated heterocycles. The molecule has 1 N–H and O–H groups in total. The number of thioether (sulfide) groups is 1. The first-order valence-corrected chi connectivity index (χ1v) is 12.7. The molecular formula is C23H25N5O4S2. The zero-order valence-corrected chi connectivity index (χ0v) is 20.8. The minimum atomic E-state index is -0.513. The highest BCUT2D eigenvalue weighted by molar-refractivity contribution is 7.98. The summed E-state index contributed by atoms with van der Waals surface area (Å²) in [5.41, 5.74) is 1.03. The van der Waals surface area contributed by atoms with Crippen molar-refractivity contribution in [3.63, 3.8) is 0 Å². The fourth-order valence-electron chi connectivity index (χ4n) is 3.48. The van der Waals surface area contributed by atoms with Gasteiger partial charge in [0.05, 0.1) is 16.3 Å². The largest absolute Gasteiger partial charge is 0.454 e. The molecule has 3 aromatic heterocycles. The van der Waals surface area contributed by atoms with Gasteiger partial charge in [-0.25, -0.2) is 19.6 Å². The summed E-state index contributed by atoms with van der Waals surface area (Å²) in [7, 11) is 1.66. The molecule has 9 nitrogen and oxygen atoms in total. The van der Waals surface area contributed by atoms with Crippen LogP contribution in [0.3, 0.4) is 0 Å². The number of ether oxygens (including phenoxy) is 1. The number of aromatic nitrogens is 5. The first kappa shape index (κ1) is 24.0. The summed E-state index contributed by atoms with van der Waals surface area (Å²) in [5.74, 6) is 0.662. The molecule has 0 bridgehead atoms. The predicted octanol–water partition coefficient (Wildman–Crippen LogP) is 3.64. The molecule has 1 aromatic carbocycles. The Balaban J connectivity index is 1.44. The molecule has 3 heterocycles. The number of thiazole rings is 1. The maximum Gasteiger partial charge on any atom is 0.338 e. The summed E-state index contributed by atoms with van der Waals surface area (Å²) < 4.78 is 8.46. The second-order valence-corrected chi connectivity index (χ2v) is 9.88. The van der Waals surface area contributed by atoms with Crippen molar-refractivity contribution in [2.45, 2.75) is 50.5 Å². The Bertz CT molecular complexity index is 1430. The summed E-state index contributed by atoms with van der Waals surface area (Å²) in [6.45, 7) is 4.33. The highest BCUT2D eigenvalue weighted by Gasteiger charge is 2.18. The maximum atomic E-state index is 12.6. The van der Waals surface area contributed by atoms with Gasteiger partial charge in [0, 0.05) is 29.6 Å². The van der Waals surface area contributed by atoms with Crippen LogP contribution in [0.25, 0.3) is 11.2 Å². The molecule has 0 radical (unpaired) electrons. The van der Waals surface area contributed by atoms with Gasteiger partial charge in [-0.05, 0) is 37.6 Å². The third-order valence-corrected chi connectivity index (χ3v) is 7.18. The number of hydrogen-bond acceptors (Lipinski definition) is 8. The van der Waals surface area contributed by atoms with E-state index in [0.717, 1.165) is 34.2 Å². The lowest BCUT2D eigenvalue weighted by Crippen LogP contribution is -2.31. The number of nitrogens with zero attached hydrogens (tertiary/aromatic N) is 4. The first-order valence-electron chi connectivity index (χ1n) is 10.9. The Morgan fingerprint density at radius 1 is 1.21 bits per heavy atom. The van der Waals surface area contributed by atoms with Gasteiger partial charge in [-0.1, -0.05) is 13.3 Å². The molecule has 4 aromatic rings. The molecule has 11 heteroatoms. The topological polar surface area (TPSA) is 112 Å². The standard InChI is InChI=1S/C23H25N5O4S2/c1-4-5-10-28-20-19(21(29)26-23(28)31)27(3)18(25-20)11-32-22(30)15-6-8-17(9-7-15)34-13-16-12-33-14(2)24-16/h6-9,12H,4-5,10-11,13H2,1-3H3,(H,26,29,31). The molecule has 0 spiro atoms. The summed E-state index contributed by atoms with van der Waals surface area (Å²) in [6, 6.07) is 7.20. The molecule has 0 aliphatic carbocycles. The van der Waals surface area contributed by atoms with Crippen LogP contribution < -0.4 is 11.2 Å². The van der Waals surface area contributed by atoms with Crippen molar-refractivity contribution in [1.29, 1.82) is 0 Å². The number of esters is 1. The van der Waals surface area contributed by atoms with Crippen LogP contribution in [0.15, 0.2) is 44.1 Å². The highest BCUT2D eigenvalue weighted by atomic mass is 32.2. The van der Waals surface area contributed by atoms with E-state index in [9.17, 15) is 14.4 Å². The first-order chi connectivity index (χ1) is 16.4. The molecule has 0 aliphatic rings. The van der Waals surface area contributed by atoms with Gasteiger partial charge in [0.1, 0.15) is 12.4 Å². The van der Waals surface area contributed by atoms with Crippen LogP contribution in [-0.2, 0) is 30.7 Å². The molecule has 4 rings (SSSR count). The van der Waals surface area contributed by atoms with E-state index in [-0.39, 0.29) is 12.1 Å². The minimum Gasteiger partial charge on any atom is -0.454 e. The molecule has 0 atom stereocenters. The minimum absolute atomic E-state index is 0.120. The smallest absolute Gasteiger partial charge is 0.338 e. The van der Waals surface area contributed by atoms with Crippen LogP contribution in [-0.4, -0.2) is 30.1 Å². The van der Waals surface area contributed by atoms with Crippen LogP contribution in [0, 0.1) is 6.92 Å². The predicted molar refractivity (Wildman–Crippen MR) is 132 cm³/mol. The Hall–Kier alpha value is -3.18. The molecular weight excluding hydrogens is 474 g/mol. The van der Waals surface area contributed by atoms with E-state index in [2.05, 4.69) is 15.0 Å². The van der Waals surface area contributed by atoms with Gasteiger partial charge in [-0.2, -0.15) is 0 Å². The fourth-order valence-corrected chi connectivity index (χ4v) is 4.99. The Morgan fingerprint density at radius 2 is 1.97 bits per heavy atom. The van der Waals surface area contributed by atoms with E-state index in [1.54, 1.807) is 46.8 Å². The maximum absolute atomic E-state index is 12.6. The van der Waals surface area contributed by atoms with Crippen LogP contribution in [0.4, 0.5) is 0 Å². The van der Waals surface area contributed by atoms with Crippen LogP contribution in [0.5, 0.6) is 0 Å². The highest BCUT2D eigenvalue weighted by Crippen LogP contribution is 2.24. The fraction of sp³-hybridized carbons (Fsp3) is 0.348. The van der Waals surface area contributed by atoms with Crippen LogP contribution in [0.1, 0.15) is 46.6 Å². The van der Waals surface area contributed by atoms with E-state index in [4.69, 9.17) is 4.74 Å². The van der Waals surface area contributed by atoms with Crippen molar-refractivity contribution < 1.29 is 9.53 Å². The van der Waals surface area contributed by atoms with E-state index >= 15 is 0 Å². The lowest BCUT2D eigenvalue weighted by Gasteiger charge is -2.06.